The Kier molecular flexibility index (Phi) is 5.75. The summed E-state index contributed by atoms with van der Waals surface area (Å²) in [5.74, 6) is 0.222. The minimum atomic E-state index is -0.974. The van der Waals surface area contributed by atoms with E-state index < -0.39 is 24.0 Å². The summed E-state index contributed by atoms with van der Waals surface area (Å²) >= 11 is 1.46. The van der Waals surface area contributed by atoms with Gasteiger partial charge in [0, 0.05) is 5.75 Å². The summed E-state index contributed by atoms with van der Waals surface area (Å²) in [6, 6.07) is 8.72. The summed E-state index contributed by atoms with van der Waals surface area (Å²) < 4.78 is 0. The molecule has 6 nitrogen and oxygen atoms in total. The van der Waals surface area contributed by atoms with Crippen LogP contribution in [-0.4, -0.2) is 47.0 Å². The topological polar surface area (TPSA) is 90.8 Å². The zero-order valence-corrected chi connectivity index (χ0v) is 14.8. The van der Waals surface area contributed by atoms with Crippen molar-refractivity contribution in [2.24, 2.45) is 4.99 Å². The molecule has 0 radical (unpaired) electrons. The fraction of sp³-hybridized carbons (Fsp3) is 0.500. The lowest BCUT2D eigenvalue weighted by Gasteiger charge is -2.30. The predicted molar refractivity (Wildman–Crippen MR) is 98.5 cm³/mol. The number of carbonyl (C=O) groups excluding carboxylic acids is 2. The van der Waals surface area contributed by atoms with Crippen LogP contribution in [0.3, 0.4) is 0 Å². The summed E-state index contributed by atoms with van der Waals surface area (Å²) in [5.41, 5.74) is 0.354. The van der Waals surface area contributed by atoms with E-state index in [1.807, 2.05) is 30.3 Å². The standard InChI is InChI=1S/C18H23N3O3S/c22-12-14(15(23)21-17-19-10-11-25-17)20-16(24)18(8-4-5-9-18)13-6-2-1-3-7-13/h1-3,6-7,14,22H,4-5,8-12H2,(H,20,24)(H,19,21,23)/t14-/m0/s1. The van der Waals surface area contributed by atoms with Gasteiger partial charge in [-0.2, -0.15) is 0 Å². The summed E-state index contributed by atoms with van der Waals surface area (Å²) in [6.45, 7) is 0.230. The molecular weight excluding hydrogens is 338 g/mol. The Morgan fingerprint density at radius 2 is 1.96 bits per heavy atom. The smallest absolute Gasteiger partial charge is 0.250 e. The molecule has 2 amide bonds. The molecule has 0 spiro atoms. The lowest BCUT2D eigenvalue weighted by Crippen LogP contribution is -2.54. The molecule has 3 N–H and O–H groups in total. The Morgan fingerprint density at radius 1 is 1.24 bits per heavy atom. The van der Waals surface area contributed by atoms with Crippen molar-refractivity contribution < 1.29 is 14.7 Å². The molecule has 0 unspecified atom stereocenters. The number of aliphatic imine (C=N–C) groups is 1. The first kappa shape index (κ1) is 17.9. The molecule has 1 heterocycles. The van der Waals surface area contributed by atoms with E-state index >= 15 is 0 Å². The van der Waals surface area contributed by atoms with Gasteiger partial charge in [-0.05, 0) is 18.4 Å². The molecule has 1 aliphatic heterocycles. The maximum Gasteiger partial charge on any atom is 0.250 e. The van der Waals surface area contributed by atoms with E-state index in [1.54, 1.807) is 0 Å². The molecule has 0 saturated heterocycles. The number of thioether (sulfide) groups is 1. The van der Waals surface area contributed by atoms with Gasteiger partial charge in [-0.25, -0.2) is 0 Å². The number of amidine groups is 1. The minimum absolute atomic E-state index is 0.189. The number of hydrogen-bond donors (Lipinski definition) is 3. The normalized spacial score (nSPS) is 20.0. The van der Waals surface area contributed by atoms with Gasteiger partial charge in [0.1, 0.15) is 6.04 Å². The molecule has 0 aromatic heterocycles. The second-order valence-corrected chi connectivity index (χ2v) is 7.47. The molecule has 1 atom stereocenters. The van der Waals surface area contributed by atoms with Gasteiger partial charge in [0.05, 0.1) is 18.6 Å². The number of carbonyl (C=O) groups is 2. The highest BCUT2D eigenvalue weighted by molar-refractivity contribution is 8.14. The third kappa shape index (κ3) is 3.88. The maximum absolute atomic E-state index is 13.0. The lowest BCUT2D eigenvalue weighted by molar-refractivity contribution is -0.132. The first-order valence-electron chi connectivity index (χ1n) is 8.61. The van der Waals surface area contributed by atoms with Crippen molar-refractivity contribution in [1.82, 2.24) is 10.6 Å². The van der Waals surface area contributed by atoms with Crippen LogP contribution in [0.25, 0.3) is 0 Å². The highest BCUT2D eigenvalue weighted by Crippen LogP contribution is 2.41. The average molecular weight is 361 g/mol. The van der Waals surface area contributed by atoms with Crippen LogP contribution in [0.1, 0.15) is 31.2 Å². The van der Waals surface area contributed by atoms with Gasteiger partial charge in [-0.15, -0.1) is 0 Å². The molecule has 25 heavy (non-hydrogen) atoms. The monoisotopic (exact) mass is 361 g/mol. The van der Waals surface area contributed by atoms with Crippen molar-refractivity contribution in [3.05, 3.63) is 35.9 Å². The van der Waals surface area contributed by atoms with E-state index in [9.17, 15) is 14.7 Å². The van der Waals surface area contributed by atoms with Crippen molar-refractivity contribution in [2.45, 2.75) is 37.1 Å². The third-order valence-electron chi connectivity index (χ3n) is 4.84. The van der Waals surface area contributed by atoms with Crippen LogP contribution in [0.15, 0.2) is 35.3 Å². The summed E-state index contributed by atoms with van der Waals surface area (Å²) in [6.07, 6.45) is 3.47. The molecule has 1 saturated carbocycles. The second kappa shape index (κ2) is 8.01. The molecule has 1 aliphatic carbocycles. The fourth-order valence-electron chi connectivity index (χ4n) is 3.48. The fourth-order valence-corrected chi connectivity index (χ4v) is 4.21. The molecule has 0 bridgehead atoms. The SMILES string of the molecule is O=C(NC1=NCCS1)[C@H](CO)NC(=O)C1(c2ccccc2)CCCC1. The molecule has 1 aromatic rings. The van der Waals surface area contributed by atoms with Crippen molar-refractivity contribution in [1.29, 1.82) is 0 Å². The third-order valence-corrected chi connectivity index (χ3v) is 5.73. The number of nitrogens with zero attached hydrogens (tertiary/aromatic N) is 1. The number of rotatable bonds is 5. The summed E-state index contributed by atoms with van der Waals surface area (Å²) in [7, 11) is 0. The van der Waals surface area contributed by atoms with Crippen molar-refractivity contribution in [2.75, 3.05) is 18.9 Å². The van der Waals surface area contributed by atoms with Crippen LogP contribution in [0.2, 0.25) is 0 Å². The van der Waals surface area contributed by atoms with E-state index in [0.29, 0.717) is 11.7 Å². The molecule has 1 aromatic carbocycles. The van der Waals surface area contributed by atoms with Crippen molar-refractivity contribution in [3.8, 4) is 0 Å². The van der Waals surface area contributed by atoms with Gasteiger partial charge < -0.3 is 15.7 Å². The first-order chi connectivity index (χ1) is 12.2. The Balaban J connectivity index is 1.72. The van der Waals surface area contributed by atoms with Gasteiger partial charge >= 0.3 is 0 Å². The van der Waals surface area contributed by atoms with Gasteiger partial charge in [-0.1, -0.05) is 54.9 Å². The van der Waals surface area contributed by atoms with Gasteiger partial charge in [-0.3, -0.25) is 14.6 Å². The zero-order chi connectivity index (χ0) is 17.7. The minimum Gasteiger partial charge on any atom is -0.394 e. The maximum atomic E-state index is 13.0. The largest absolute Gasteiger partial charge is 0.394 e. The van der Waals surface area contributed by atoms with Gasteiger partial charge in [0.2, 0.25) is 5.91 Å². The summed E-state index contributed by atoms with van der Waals surface area (Å²) in [5, 5.41) is 15.6. The van der Waals surface area contributed by atoms with Gasteiger partial charge in [0.15, 0.2) is 5.17 Å². The average Bonchev–Trinajstić information content (AvgIpc) is 3.32. The Hall–Kier alpha value is -1.86. The molecule has 1 fully saturated rings. The molecule has 7 heteroatoms. The van der Waals surface area contributed by atoms with E-state index in [0.717, 1.165) is 37.0 Å². The Morgan fingerprint density at radius 3 is 2.56 bits per heavy atom. The quantitative estimate of drug-likeness (QED) is 0.735. The van der Waals surface area contributed by atoms with E-state index in [-0.39, 0.29) is 5.91 Å². The van der Waals surface area contributed by atoms with E-state index in [2.05, 4.69) is 15.6 Å². The van der Waals surface area contributed by atoms with Gasteiger partial charge in [0.25, 0.3) is 5.91 Å². The number of aliphatic hydroxyl groups is 1. The van der Waals surface area contributed by atoms with Crippen LogP contribution >= 0.6 is 11.8 Å². The van der Waals surface area contributed by atoms with Crippen LogP contribution in [-0.2, 0) is 15.0 Å². The molecular formula is C18H23N3O3S. The number of benzene rings is 1. The Bertz CT molecular complexity index is 657. The number of hydrogen-bond acceptors (Lipinski definition) is 5. The van der Waals surface area contributed by atoms with Crippen LogP contribution in [0.4, 0.5) is 0 Å². The van der Waals surface area contributed by atoms with Crippen molar-refractivity contribution >= 4 is 28.7 Å². The molecule has 2 aliphatic rings. The highest BCUT2D eigenvalue weighted by Gasteiger charge is 2.43. The molecule has 134 valence electrons. The highest BCUT2D eigenvalue weighted by atomic mass is 32.2. The van der Waals surface area contributed by atoms with Crippen LogP contribution in [0, 0.1) is 0 Å². The molecule has 3 rings (SSSR count). The zero-order valence-electron chi connectivity index (χ0n) is 14.0. The number of nitrogens with one attached hydrogen (secondary N) is 2. The van der Waals surface area contributed by atoms with Crippen molar-refractivity contribution in [3.63, 3.8) is 0 Å². The number of amides is 2. The van der Waals surface area contributed by atoms with Crippen LogP contribution in [0.5, 0.6) is 0 Å². The van der Waals surface area contributed by atoms with E-state index in [1.165, 1.54) is 11.8 Å². The second-order valence-electron chi connectivity index (χ2n) is 6.39. The number of aliphatic hydroxyl groups excluding tert-OH is 1. The first-order valence-corrected chi connectivity index (χ1v) is 9.60. The Labute approximate surface area is 151 Å². The lowest BCUT2D eigenvalue weighted by atomic mass is 9.78. The summed E-state index contributed by atoms with van der Waals surface area (Å²) in [4.78, 5) is 29.5. The predicted octanol–water partition coefficient (Wildman–Crippen LogP) is 1.19. The van der Waals surface area contributed by atoms with Crippen LogP contribution < -0.4 is 10.6 Å². The van der Waals surface area contributed by atoms with E-state index in [4.69, 9.17) is 0 Å².